The SMILES string of the molecule is Cn1c(CNc2ccc(C(=N)N)cc2)cc2cc(N(CC(=O)O)S(=O)(=O)c3cccc4cccnc34)ccc21. The zero-order valence-corrected chi connectivity index (χ0v) is 21.8. The number of hydrogen-bond acceptors (Lipinski definition) is 6. The molecular formula is C28H26N6O4S. The van der Waals surface area contributed by atoms with E-state index in [1.165, 1.54) is 12.3 Å². The van der Waals surface area contributed by atoms with E-state index < -0.39 is 22.5 Å². The number of hydrogen-bond donors (Lipinski definition) is 4. The van der Waals surface area contributed by atoms with Gasteiger partial charge in [0.1, 0.15) is 17.3 Å². The maximum Gasteiger partial charge on any atom is 0.324 e. The number of carboxylic acid groups (broad SMARTS) is 1. The number of carbonyl (C=O) groups is 1. The van der Waals surface area contributed by atoms with Crippen LogP contribution in [0.4, 0.5) is 11.4 Å². The van der Waals surface area contributed by atoms with Gasteiger partial charge < -0.3 is 20.7 Å². The van der Waals surface area contributed by atoms with Gasteiger partial charge in [0.2, 0.25) is 0 Å². The minimum Gasteiger partial charge on any atom is -0.480 e. The smallest absolute Gasteiger partial charge is 0.324 e. The maximum absolute atomic E-state index is 13.8. The van der Waals surface area contributed by atoms with Crippen molar-refractivity contribution in [2.24, 2.45) is 12.8 Å². The molecule has 0 radical (unpaired) electrons. The number of nitrogens with one attached hydrogen (secondary N) is 2. The van der Waals surface area contributed by atoms with Crippen LogP contribution >= 0.6 is 0 Å². The normalized spacial score (nSPS) is 11.5. The molecule has 2 heterocycles. The molecular weight excluding hydrogens is 516 g/mol. The summed E-state index contributed by atoms with van der Waals surface area (Å²) >= 11 is 0. The largest absolute Gasteiger partial charge is 0.480 e. The molecule has 5 aromatic rings. The lowest BCUT2D eigenvalue weighted by atomic mass is 10.2. The van der Waals surface area contributed by atoms with E-state index in [2.05, 4.69) is 10.3 Å². The highest BCUT2D eigenvalue weighted by Crippen LogP contribution is 2.31. The number of aryl methyl sites for hydroxylation is 1. The molecule has 3 aromatic carbocycles. The standard InChI is InChI=1S/C28H26N6O4S/c1-33-23(16-32-21-9-7-19(8-10-21)28(29)30)15-20-14-22(11-12-24(20)33)34(17-26(35)36)39(37,38)25-6-2-4-18-5-3-13-31-27(18)25/h2-15,32H,16-17H2,1H3,(H3,29,30)(H,35,36). The van der Waals surface area contributed by atoms with Gasteiger partial charge in [-0.25, -0.2) is 8.42 Å². The van der Waals surface area contributed by atoms with Crippen LogP contribution in [0.15, 0.2) is 90.0 Å². The molecule has 39 heavy (non-hydrogen) atoms. The molecule has 0 bridgehead atoms. The van der Waals surface area contributed by atoms with Gasteiger partial charge in [0, 0.05) is 46.5 Å². The van der Waals surface area contributed by atoms with Crippen molar-refractivity contribution in [2.75, 3.05) is 16.2 Å². The molecule has 0 saturated carbocycles. The fourth-order valence-electron chi connectivity index (χ4n) is 4.52. The number of para-hydroxylation sites is 1. The highest BCUT2D eigenvalue weighted by Gasteiger charge is 2.29. The molecule has 0 saturated heterocycles. The first-order valence-corrected chi connectivity index (χ1v) is 13.4. The molecule has 5 rings (SSSR count). The van der Waals surface area contributed by atoms with Gasteiger partial charge in [-0.2, -0.15) is 0 Å². The average Bonchev–Trinajstić information content (AvgIpc) is 3.24. The van der Waals surface area contributed by atoms with E-state index >= 15 is 0 Å². The second kappa shape index (κ2) is 10.1. The quantitative estimate of drug-likeness (QED) is 0.163. The summed E-state index contributed by atoms with van der Waals surface area (Å²) in [5.74, 6) is -1.28. The molecule has 0 aliphatic rings. The summed E-state index contributed by atoms with van der Waals surface area (Å²) in [4.78, 5) is 16.0. The number of rotatable bonds is 9. The van der Waals surface area contributed by atoms with E-state index in [0.29, 0.717) is 17.5 Å². The molecule has 0 atom stereocenters. The summed E-state index contributed by atoms with van der Waals surface area (Å²) in [7, 11) is -2.35. The predicted molar refractivity (Wildman–Crippen MR) is 152 cm³/mol. The number of nitrogen functional groups attached to an aromatic ring is 1. The number of carboxylic acids is 1. The molecule has 0 amide bonds. The summed E-state index contributed by atoms with van der Waals surface area (Å²) < 4.78 is 30.5. The molecule has 198 valence electrons. The fraction of sp³-hybridized carbons (Fsp3) is 0.107. The lowest BCUT2D eigenvalue weighted by Crippen LogP contribution is -2.35. The van der Waals surface area contributed by atoms with E-state index in [-0.39, 0.29) is 21.9 Å². The zero-order valence-electron chi connectivity index (χ0n) is 21.0. The molecule has 0 fully saturated rings. The lowest BCUT2D eigenvalue weighted by molar-refractivity contribution is -0.135. The van der Waals surface area contributed by atoms with Crippen molar-refractivity contribution in [2.45, 2.75) is 11.4 Å². The Kier molecular flexibility index (Phi) is 6.67. The molecule has 0 spiro atoms. The fourth-order valence-corrected chi connectivity index (χ4v) is 6.09. The Morgan fingerprint density at radius 3 is 2.51 bits per heavy atom. The van der Waals surface area contributed by atoms with Gasteiger partial charge >= 0.3 is 5.97 Å². The van der Waals surface area contributed by atoms with E-state index in [0.717, 1.165) is 26.6 Å². The Morgan fingerprint density at radius 2 is 1.79 bits per heavy atom. The Labute approximate surface area is 224 Å². The van der Waals surface area contributed by atoms with E-state index in [9.17, 15) is 18.3 Å². The first-order valence-electron chi connectivity index (χ1n) is 12.0. The van der Waals surface area contributed by atoms with Crippen molar-refractivity contribution >= 4 is 55.0 Å². The number of aliphatic carboxylic acids is 1. The zero-order chi connectivity index (χ0) is 27.7. The van der Waals surface area contributed by atoms with Crippen LogP contribution in [-0.4, -0.2) is 41.4 Å². The van der Waals surface area contributed by atoms with Crippen molar-refractivity contribution in [1.29, 1.82) is 5.41 Å². The van der Waals surface area contributed by atoms with Gasteiger partial charge in [0.25, 0.3) is 10.0 Å². The summed E-state index contributed by atoms with van der Waals surface area (Å²) in [5, 5.41) is 21.9. The van der Waals surface area contributed by atoms with Gasteiger partial charge in [-0.15, -0.1) is 0 Å². The van der Waals surface area contributed by atoms with Crippen LogP contribution in [0, 0.1) is 5.41 Å². The molecule has 5 N–H and O–H groups in total. The van der Waals surface area contributed by atoms with Crippen LogP contribution in [0.2, 0.25) is 0 Å². The van der Waals surface area contributed by atoms with Gasteiger partial charge in [-0.05, 0) is 60.7 Å². The predicted octanol–water partition coefficient (Wildman–Crippen LogP) is 3.90. The molecule has 0 aliphatic carbocycles. The van der Waals surface area contributed by atoms with Crippen molar-refractivity contribution in [1.82, 2.24) is 9.55 Å². The monoisotopic (exact) mass is 542 g/mol. The number of anilines is 2. The van der Waals surface area contributed by atoms with Gasteiger partial charge in [0.05, 0.1) is 17.7 Å². The van der Waals surface area contributed by atoms with Crippen LogP contribution in [0.1, 0.15) is 11.3 Å². The molecule has 0 aliphatic heterocycles. The number of fused-ring (bicyclic) bond motifs is 2. The van der Waals surface area contributed by atoms with Crippen molar-refractivity contribution in [3.05, 3.63) is 96.3 Å². The Bertz CT molecular complexity index is 1830. The minimum absolute atomic E-state index is 0.00158. The summed E-state index contributed by atoms with van der Waals surface area (Å²) in [6.45, 7) is -0.257. The number of nitrogens with zero attached hydrogens (tertiary/aromatic N) is 3. The van der Waals surface area contributed by atoms with E-state index in [4.69, 9.17) is 11.1 Å². The third kappa shape index (κ3) is 4.99. The molecule has 10 nitrogen and oxygen atoms in total. The van der Waals surface area contributed by atoms with Crippen LogP contribution < -0.4 is 15.4 Å². The van der Waals surface area contributed by atoms with Crippen molar-refractivity contribution < 1.29 is 18.3 Å². The summed E-state index contributed by atoms with van der Waals surface area (Å²) in [5.41, 5.74) is 9.32. The molecule has 11 heteroatoms. The van der Waals surface area contributed by atoms with E-state index in [1.807, 2.05) is 29.8 Å². The van der Waals surface area contributed by atoms with Crippen molar-refractivity contribution in [3.8, 4) is 0 Å². The molecule has 2 aromatic heterocycles. The molecule has 0 unspecified atom stereocenters. The number of sulfonamides is 1. The summed E-state index contributed by atoms with van der Waals surface area (Å²) in [6.07, 6.45) is 1.51. The number of nitrogens with two attached hydrogens (primary N) is 1. The highest BCUT2D eigenvalue weighted by atomic mass is 32.2. The van der Waals surface area contributed by atoms with Crippen LogP contribution in [0.3, 0.4) is 0 Å². The average molecular weight is 543 g/mol. The van der Waals surface area contributed by atoms with Gasteiger partial charge in [-0.1, -0.05) is 18.2 Å². The number of aromatic nitrogens is 2. The van der Waals surface area contributed by atoms with Crippen molar-refractivity contribution in [3.63, 3.8) is 0 Å². The number of pyridine rings is 1. The minimum atomic E-state index is -4.26. The number of amidine groups is 1. The van der Waals surface area contributed by atoms with Crippen LogP contribution in [0.5, 0.6) is 0 Å². The second-order valence-electron chi connectivity index (χ2n) is 9.02. The third-order valence-electron chi connectivity index (χ3n) is 6.53. The Morgan fingerprint density at radius 1 is 1.05 bits per heavy atom. The summed E-state index contributed by atoms with van der Waals surface area (Å²) in [6, 6.07) is 22.5. The van der Waals surface area contributed by atoms with Crippen LogP contribution in [-0.2, 0) is 28.4 Å². The first-order chi connectivity index (χ1) is 18.6. The topological polar surface area (TPSA) is 154 Å². The van der Waals surface area contributed by atoms with E-state index in [1.54, 1.807) is 54.6 Å². The maximum atomic E-state index is 13.8. The Hall–Kier alpha value is -4.90. The van der Waals surface area contributed by atoms with Crippen LogP contribution in [0.25, 0.3) is 21.8 Å². The highest BCUT2D eigenvalue weighted by molar-refractivity contribution is 7.93. The van der Waals surface area contributed by atoms with Gasteiger partial charge in [0.15, 0.2) is 0 Å². The van der Waals surface area contributed by atoms with Gasteiger partial charge in [-0.3, -0.25) is 19.5 Å². The second-order valence-corrected chi connectivity index (χ2v) is 10.8. The first kappa shape index (κ1) is 25.7. The Balaban J connectivity index is 1.49. The third-order valence-corrected chi connectivity index (χ3v) is 8.33. The number of benzene rings is 3. The lowest BCUT2D eigenvalue weighted by Gasteiger charge is -2.23.